The van der Waals surface area contributed by atoms with Crippen LogP contribution in [0.15, 0.2) is 18.2 Å². The Morgan fingerprint density at radius 3 is 2.35 bits per heavy atom. The molecule has 0 amide bonds. The van der Waals surface area contributed by atoms with Gasteiger partial charge in [-0.25, -0.2) is 8.42 Å². The maximum absolute atomic E-state index is 11.2. The molecule has 0 aliphatic rings. The van der Waals surface area contributed by atoms with Gasteiger partial charge in [-0.15, -0.1) is 0 Å². The van der Waals surface area contributed by atoms with Crippen LogP contribution >= 0.6 is 0 Å². The topological polar surface area (TPSA) is 64.6 Å². The summed E-state index contributed by atoms with van der Waals surface area (Å²) in [4.78, 5) is 0. The van der Waals surface area contributed by atoms with Crippen molar-refractivity contribution in [3.63, 3.8) is 0 Å². The lowest BCUT2D eigenvalue weighted by atomic mass is 10.3. The molecule has 0 aliphatic carbocycles. The van der Waals surface area contributed by atoms with Gasteiger partial charge in [0.05, 0.1) is 25.2 Å². The molecule has 0 aliphatic heterocycles. The Bertz CT molecular complexity index is 470. The van der Waals surface area contributed by atoms with E-state index in [4.69, 9.17) is 9.47 Å². The molecular weight excluding hydrogens is 242 g/mol. The molecule has 0 radical (unpaired) electrons. The molecule has 0 unspecified atom stereocenters. The Balaban J connectivity index is 3.06. The van der Waals surface area contributed by atoms with Crippen LogP contribution < -0.4 is 14.2 Å². The van der Waals surface area contributed by atoms with Crippen molar-refractivity contribution in [2.75, 3.05) is 24.2 Å². The highest BCUT2D eigenvalue weighted by molar-refractivity contribution is 7.92. The van der Waals surface area contributed by atoms with E-state index in [2.05, 4.69) is 4.72 Å². The van der Waals surface area contributed by atoms with Gasteiger partial charge in [0.25, 0.3) is 0 Å². The van der Waals surface area contributed by atoms with E-state index in [-0.39, 0.29) is 0 Å². The number of benzene rings is 1. The highest BCUT2D eigenvalue weighted by Gasteiger charge is 2.10. The van der Waals surface area contributed by atoms with Crippen molar-refractivity contribution in [3.8, 4) is 11.5 Å². The number of anilines is 1. The smallest absolute Gasteiger partial charge is 0.229 e. The second-order valence-electron chi connectivity index (χ2n) is 3.40. The van der Waals surface area contributed by atoms with Crippen molar-refractivity contribution in [3.05, 3.63) is 18.2 Å². The first kappa shape index (κ1) is 13.6. The highest BCUT2D eigenvalue weighted by atomic mass is 32.2. The van der Waals surface area contributed by atoms with Gasteiger partial charge >= 0.3 is 0 Å². The third-order valence-corrected chi connectivity index (χ3v) is 2.45. The van der Waals surface area contributed by atoms with Crippen LogP contribution in [0.5, 0.6) is 11.5 Å². The minimum atomic E-state index is -3.34. The summed E-state index contributed by atoms with van der Waals surface area (Å²) in [5.74, 6) is 1.09. The Hall–Kier alpha value is -1.43. The maximum Gasteiger partial charge on any atom is 0.229 e. The van der Waals surface area contributed by atoms with E-state index in [9.17, 15) is 8.42 Å². The predicted octanol–water partition coefficient (Wildman–Crippen LogP) is 1.86. The average molecular weight is 259 g/mol. The van der Waals surface area contributed by atoms with Gasteiger partial charge in [-0.05, 0) is 26.0 Å². The molecule has 6 heteroatoms. The van der Waals surface area contributed by atoms with Crippen molar-refractivity contribution in [2.45, 2.75) is 13.8 Å². The largest absolute Gasteiger partial charge is 0.494 e. The molecular formula is C11H17NO4S. The van der Waals surface area contributed by atoms with E-state index >= 15 is 0 Å². The molecule has 0 saturated heterocycles. The lowest BCUT2D eigenvalue weighted by Gasteiger charge is -2.13. The van der Waals surface area contributed by atoms with Crippen LogP contribution in [0.2, 0.25) is 0 Å². The fourth-order valence-corrected chi connectivity index (χ4v) is 1.89. The SMILES string of the molecule is CCOc1ccc(OCC)c(NS(C)(=O)=O)c1. The summed E-state index contributed by atoms with van der Waals surface area (Å²) in [5.41, 5.74) is 0.389. The second-order valence-corrected chi connectivity index (χ2v) is 5.15. The third-order valence-electron chi connectivity index (χ3n) is 1.86. The third kappa shape index (κ3) is 4.52. The summed E-state index contributed by atoms with van der Waals surface area (Å²) in [6.07, 6.45) is 1.09. The Morgan fingerprint density at radius 2 is 1.82 bits per heavy atom. The van der Waals surface area contributed by atoms with E-state index in [0.29, 0.717) is 30.4 Å². The van der Waals surface area contributed by atoms with Gasteiger partial charge in [0.1, 0.15) is 11.5 Å². The molecule has 0 fully saturated rings. The molecule has 0 spiro atoms. The fraction of sp³-hybridized carbons (Fsp3) is 0.455. The molecule has 0 saturated carbocycles. The first-order valence-corrected chi connectivity index (χ1v) is 7.22. The van der Waals surface area contributed by atoms with E-state index in [1.807, 2.05) is 13.8 Å². The molecule has 0 atom stereocenters. The zero-order valence-corrected chi connectivity index (χ0v) is 11.0. The first-order chi connectivity index (χ1) is 7.96. The predicted molar refractivity (Wildman–Crippen MR) is 67.2 cm³/mol. The second kappa shape index (κ2) is 5.77. The fourth-order valence-electron chi connectivity index (χ4n) is 1.33. The molecule has 1 N–H and O–H groups in total. The zero-order valence-electron chi connectivity index (χ0n) is 10.2. The van der Waals surface area contributed by atoms with Crippen LogP contribution in [0.25, 0.3) is 0 Å². The Morgan fingerprint density at radius 1 is 1.18 bits per heavy atom. The minimum Gasteiger partial charge on any atom is -0.494 e. The highest BCUT2D eigenvalue weighted by Crippen LogP contribution is 2.30. The van der Waals surface area contributed by atoms with Crippen molar-refractivity contribution in [1.29, 1.82) is 0 Å². The first-order valence-electron chi connectivity index (χ1n) is 5.33. The molecule has 1 rings (SSSR count). The van der Waals surface area contributed by atoms with Crippen LogP contribution in [0.1, 0.15) is 13.8 Å². The summed E-state index contributed by atoms with van der Waals surface area (Å²) in [6.45, 7) is 4.68. The molecule has 0 aromatic heterocycles. The van der Waals surface area contributed by atoms with Crippen LogP contribution in [0.3, 0.4) is 0 Å². The van der Waals surface area contributed by atoms with Gasteiger partial charge in [-0.1, -0.05) is 0 Å². The van der Waals surface area contributed by atoms with Crippen LogP contribution in [-0.2, 0) is 10.0 Å². The summed E-state index contributed by atoms with van der Waals surface area (Å²) in [6, 6.07) is 5.03. The molecule has 96 valence electrons. The number of hydrogen-bond donors (Lipinski definition) is 1. The van der Waals surface area contributed by atoms with Gasteiger partial charge in [0, 0.05) is 6.07 Å². The normalized spacial score (nSPS) is 11.0. The van der Waals surface area contributed by atoms with Crippen molar-refractivity contribution >= 4 is 15.7 Å². The molecule has 17 heavy (non-hydrogen) atoms. The number of sulfonamides is 1. The number of rotatable bonds is 6. The van der Waals surface area contributed by atoms with Crippen molar-refractivity contribution < 1.29 is 17.9 Å². The van der Waals surface area contributed by atoms with Gasteiger partial charge in [0.2, 0.25) is 10.0 Å². The summed E-state index contributed by atoms with van der Waals surface area (Å²) >= 11 is 0. The molecule has 5 nitrogen and oxygen atoms in total. The monoisotopic (exact) mass is 259 g/mol. The van der Waals surface area contributed by atoms with E-state index in [1.165, 1.54) is 0 Å². The Kier molecular flexibility index (Phi) is 4.62. The summed E-state index contributed by atoms with van der Waals surface area (Å²) in [7, 11) is -3.34. The number of ether oxygens (including phenoxy) is 2. The van der Waals surface area contributed by atoms with Crippen LogP contribution in [0, 0.1) is 0 Å². The van der Waals surface area contributed by atoms with Gasteiger partial charge in [-0.3, -0.25) is 4.72 Å². The molecule has 1 aromatic carbocycles. The minimum absolute atomic E-state index is 0.389. The summed E-state index contributed by atoms with van der Waals surface area (Å²) in [5, 5.41) is 0. The standard InChI is InChI=1S/C11H17NO4S/c1-4-15-9-6-7-11(16-5-2)10(8-9)12-17(3,13)14/h6-8,12H,4-5H2,1-3H3. The van der Waals surface area contributed by atoms with E-state index in [1.54, 1.807) is 18.2 Å². The van der Waals surface area contributed by atoms with Crippen molar-refractivity contribution in [2.24, 2.45) is 0 Å². The summed E-state index contributed by atoms with van der Waals surface area (Å²) < 4.78 is 35.5. The van der Waals surface area contributed by atoms with Gasteiger partial charge in [-0.2, -0.15) is 0 Å². The van der Waals surface area contributed by atoms with Gasteiger partial charge in [0.15, 0.2) is 0 Å². The van der Waals surface area contributed by atoms with Gasteiger partial charge < -0.3 is 9.47 Å². The molecule has 0 heterocycles. The van der Waals surface area contributed by atoms with Crippen LogP contribution in [0.4, 0.5) is 5.69 Å². The lowest BCUT2D eigenvalue weighted by molar-refractivity contribution is 0.332. The Labute approximate surface area is 102 Å². The lowest BCUT2D eigenvalue weighted by Crippen LogP contribution is -2.11. The maximum atomic E-state index is 11.2. The van der Waals surface area contributed by atoms with Crippen molar-refractivity contribution in [1.82, 2.24) is 0 Å². The quantitative estimate of drug-likeness (QED) is 0.846. The molecule has 0 bridgehead atoms. The van der Waals surface area contributed by atoms with E-state index < -0.39 is 10.0 Å². The zero-order chi connectivity index (χ0) is 12.9. The molecule has 1 aromatic rings. The van der Waals surface area contributed by atoms with Crippen LogP contribution in [-0.4, -0.2) is 27.9 Å². The van der Waals surface area contributed by atoms with E-state index in [0.717, 1.165) is 6.26 Å². The number of nitrogens with one attached hydrogen (secondary N) is 1. The average Bonchev–Trinajstić information content (AvgIpc) is 2.20. The number of hydrogen-bond acceptors (Lipinski definition) is 4.